The molecule has 21 rings (SSSR count). The van der Waals surface area contributed by atoms with E-state index in [0.29, 0.717) is 130 Å². The van der Waals surface area contributed by atoms with Crippen molar-refractivity contribution in [1.82, 2.24) is 24.5 Å². The summed E-state index contributed by atoms with van der Waals surface area (Å²) < 4.78 is 16.0. The molecule has 23 atom stereocenters. The van der Waals surface area contributed by atoms with E-state index >= 15 is 0 Å². The molecule has 0 aromatic carbocycles. The maximum absolute atomic E-state index is 11.9. The molecule has 0 N–H and O–H groups in total. The summed E-state index contributed by atoms with van der Waals surface area (Å²) in [5.41, 5.74) is 6.19. The van der Waals surface area contributed by atoms with E-state index in [0.717, 1.165) is 172 Å². The summed E-state index contributed by atoms with van der Waals surface area (Å²) >= 11 is 0. The Bertz CT molecular complexity index is 4350. The topological polar surface area (TPSA) is 221 Å². The van der Waals surface area contributed by atoms with E-state index in [4.69, 9.17) is 14.2 Å². The number of fused-ring (bicyclic) bond motifs is 14. The van der Waals surface area contributed by atoms with E-state index in [1.807, 2.05) is 0 Å². The van der Waals surface area contributed by atoms with Crippen molar-refractivity contribution in [2.24, 2.45) is 124 Å². The number of unbranched alkanes of at least 4 members (excludes halogenated alkanes) is 7. The summed E-state index contributed by atoms with van der Waals surface area (Å²) in [7, 11) is 0. The monoisotopic (exact) mass is 1710 g/mol. The summed E-state index contributed by atoms with van der Waals surface area (Å²) in [4.78, 5) is 126. The molecule has 0 aromatic heterocycles. The molecule has 14 bridgehead atoms. The quantitative estimate of drug-likeness (QED) is 0.0265. The van der Waals surface area contributed by atoms with Crippen molar-refractivity contribution >= 4 is 59.1 Å². The van der Waals surface area contributed by atoms with Gasteiger partial charge in [0.05, 0.1) is 32.5 Å². The number of carbonyl (C=O) groups excluding carboxylic acids is 10. The van der Waals surface area contributed by atoms with Gasteiger partial charge in [0.15, 0.2) is 0 Å². The van der Waals surface area contributed by atoms with Crippen molar-refractivity contribution < 1.29 is 62.2 Å². The fourth-order valence-corrected chi connectivity index (χ4v) is 25.0. The van der Waals surface area contributed by atoms with Crippen LogP contribution in [-0.2, 0) is 62.2 Å². The molecule has 0 radical (unpaired) electrons. The maximum atomic E-state index is 11.9. The molecule has 21 aliphatic rings. The van der Waals surface area contributed by atoms with E-state index in [-0.39, 0.29) is 59.1 Å². The molecule has 9 fully saturated rings. The van der Waals surface area contributed by atoms with Gasteiger partial charge in [-0.05, 0) is 341 Å². The van der Waals surface area contributed by atoms with Gasteiger partial charge < -0.3 is 14.2 Å². The molecule has 678 valence electrons. The number of carbonyl (C=O) groups is 10. The van der Waals surface area contributed by atoms with Crippen LogP contribution in [0.2, 0.25) is 0 Å². The van der Waals surface area contributed by atoms with Gasteiger partial charge in [0.2, 0.25) is 0 Å². The molecule has 0 spiro atoms. The average Bonchev–Trinajstić information content (AvgIpc) is 1.61. The number of hydrogen-bond donors (Lipinski definition) is 0. The van der Waals surface area contributed by atoms with Crippen LogP contribution in [0.3, 0.4) is 0 Å². The minimum atomic E-state index is -0.0876. The van der Waals surface area contributed by atoms with Crippen LogP contribution in [0, 0.1) is 124 Å². The number of allylic oxidation sites excluding steroid dienone is 14. The number of hydrogen-bond acceptors (Lipinski definition) is 13. The number of imide groups is 5. The second-order valence-electron chi connectivity index (χ2n) is 41.9. The smallest absolute Gasteiger partial charge is 0.256 e. The summed E-state index contributed by atoms with van der Waals surface area (Å²) in [5, 5.41) is 0. The lowest BCUT2D eigenvalue weighted by atomic mass is 9.88. The fraction of sp³-hybridized carbons (Fsp3) is 0.682. The predicted molar refractivity (Wildman–Crippen MR) is 486 cm³/mol. The molecule has 18 nitrogen and oxygen atoms in total. The number of amides is 10. The van der Waals surface area contributed by atoms with Crippen LogP contribution >= 0.6 is 0 Å². The Balaban J connectivity index is 0.000000113. The summed E-state index contributed by atoms with van der Waals surface area (Å²) in [6, 6.07) is 0. The molecule has 14 aliphatic carbocycles. The Morgan fingerprint density at radius 3 is 0.752 bits per heavy atom. The van der Waals surface area contributed by atoms with Gasteiger partial charge in [-0.15, -0.1) is 0 Å². The van der Waals surface area contributed by atoms with Gasteiger partial charge in [0.1, 0.15) is 6.10 Å². The summed E-state index contributed by atoms with van der Waals surface area (Å²) in [6.45, 7) is 24.1. The van der Waals surface area contributed by atoms with E-state index in [1.165, 1.54) is 172 Å². The van der Waals surface area contributed by atoms with Gasteiger partial charge in [-0.1, -0.05) is 136 Å². The molecular formula is C107H147N5O13. The van der Waals surface area contributed by atoms with E-state index < -0.39 is 0 Å². The van der Waals surface area contributed by atoms with Gasteiger partial charge in [0, 0.05) is 88.5 Å². The first-order valence-electron chi connectivity index (χ1n) is 49.5. The second-order valence-corrected chi connectivity index (χ2v) is 41.9. The van der Waals surface area contributed by atoms with E-state index in [1.54, 1.807) is 69.2 Å². The van der Waals surface area contributed by atoms with Crippen molar-refractivity contribution in [1.29, 1.82) is 0 Å². The zero-order valence-corrected chi connectivity index (χ0v) is 77.2. The van der Waals surface area contributed by atoms with Crippen LogP contribution in [-0.4, -0.2) is 155 Å². The van der Waals surface area contributed by atoms with Crippen LogP contribution in [0.15, 0.2) is 141 Å². The molecule has 10 amide bonds. The van der Waals surface area contributed by atoms with Gasteiger partial charge in [-0.2, -0.15) is 0 Å². The lowest BCUT2D eigenvalue weighted by molar-refractivity contribution is -0.139. The molecule has 7 heterocycles. The lowest BCUT2D eigenvalue weighted by Crippen LogP contribution is -2.37. The summed E-state index contributed by atoms with van der Waals surface area (Å²) in [6.07, 6.45) is 73.8. The van der Waals surface area contributed by atoms with Crippen LogP contribution in [0.1, 0.15) is 268 Å². The highest BCUT2D eigenvalue weighted by molar-refractivity contribution is 6.21. The number of nitrogens with zero attached hydrogens (tertiary/aromatic N) is 5. The fourth-order valence-electron chi connectivity index (χ4n) is 25.0. The van der Waals surface area contributed by atoms with Crippen molar-refractivity contribution in [3.8, 4) is 0 Å². The average molecular weight is 1710 g/mol. The van der Waals surface area contributed by atoms with E-state index in [9.17, 15) is 47.9 Å². The van der Waals surface area contributed by atoms with Crippen molar-refractivity contribution in [2.75, 3.05) is 59.2 Å². The molecule has 18 heteroatoms. The Hall–Kier alpha value is -7.54. The zero-order chi connectivity index (χ0) is 88.0. The third-order valence-electron chi connectivity index (χ3n) is 33.7. The van der Waals surface area contributed by atoms with Crippen molar-refractivity contribution in [3.63, 3.8) is 0 Å². The number of rotatable bonds is 32. The van der Waals surface area contributed by atoms with Crippen molar-refractivity contribution in [2.45, 2.75) is 280 Å². The van der Waals surface area contributed by atoms with Crippen LogP contribution in [0.5, 0.6) is 0 Å². The number of epoxide rings is 2. The molecule has 0 aromatic rings. The van der Waals surface area contributed by atoms with Crippen LogP contribution < -0.4 is 0 Å². The molecule has 23 unspecified atom stereocenters. The van der Waals surface area contributed by atoms with Gasteiger partial charge in [-0.25, -0.2) is 0 Å². The molecule has 125 heavy (non-hydrogen) atoms. The second kappa shape index (κ2) is 41.5. The molecular weight excluding hydrogens is 1560 g/mol. The maximum Gasteiger partial charge on any atom is 0.256 e. The zero-order valence-electron chi connectivity index (χ0n) is 77.2. The molecule has 7 aliphatic heterocycles. The first-order valence-corrected chi connectivity index (χ1v) is 49.5. The minimum absolute atomic E-state index is 0.0840. The van der Waals surface area contributed by atoms with Gasteiger partial charge in [0.25, 0.3) is 59.1 Å². The lowest BCUT2D eigenvalue weighted by Gasteiger charge is -2.24. The molecule has 7 saturated carbocycles. The first-order chi connectivity index (χ1) is 60.2. The van der Waals surface area contributed by atoms with Crippen LogP contribution in [0.25, 0.3) is 0 Å². The SMILES string of the molecule is C1=CC2CC1CC2CCCCCCC1CO1.C1=CC2CC1CC2COCC1CO1.CC1=C(C)C(=O)N(CC2CC3C=CC2C3)C1=O.CC1=C(C)C(=O)N(CCC2CC3C=CC2C3)C1=O.CC1=C(C)C(=O)N(CCCC2CC3C=CC2C3)C1=O.CC1=C(C)C(=O)N(CCCCC2CC3C=CC2C3)C1=O.CC1=C(C)C(=O)N(CCCCCCC2CC3C=CC2C3)C1=O. The Morgan fingerprint density at radius 2 is 0.464 bits per heavy atom. The minimum Gasteiger partial charge on any atom is -0.378 e. The summed E-state index contributed by atoms with van der Waals surface area (Å²) in [5.74, 6) is 16.0. The van der Waals surface area contributed by atoms with E-state index in [2.05, 4.69) is 85.1 Å². The van der Waals surface area contributed by atoms with Crippen LogP contribution in [0.4, 0.5) is 0 Å². The highest BCUT2D eigenvalue weighted by Gasteiger charge is 2.46. The third kappa shape index (κ3) is 22.0. The predicted octanol–water partition coefficient (Wildman–Crippen LogP) is 19.4. The first kappa shape index (κ1) is 92.2. The number of ether oxygens (including phenoxy) is 3. The highest BCUT2D eigenvalue weighted by Crippen LogP contribution is 2.51. The van der Waals surface area contributed by atoms with Gasteiger partial charge in [-0.3, -0.25) is 72.4 Å². The Morgan fingerprint density at radius 1 is 0.232 bits per heavy atom. The van der Waals surface area contributed by atoms with Gasteiger partial charge >= 0.3 is 0 Å². The Kier molecular flexibility index (Phi) is 30.6. The Labute approximate surface area is 746 Å². The largest absolute Gasteiger partial charge is 0.378 e. The van der Waals surface area contributed by atoms with Crippen molar-refractivity contribution in [3.05, 3.63) is 141 Å². The molecule has 2 saturated heterocycles. The third-order valence-corrected chi connectivity index (χ3v) is 33.7. The standard InChI is InChI=1S/C19H27NO2.C17H23NO2.C16H21NO2.C15H19NO2.C15H24O.C14H17NO2.C11H16O2/c1-13-14(2)19(22)20(18(13)21)10-6-4-3-5-7-16-11-15-8-9-17(16)12-15;1-11-12(2)17(20)18(16(11)19)8-4-3-5-14-9-13-6-7-15(14)10-13;1-10-11(2)16(19)17(15(10)18)7-3-4-13-8-12-5-6-14(13)9-12;1-9-10(2)15(18)16(14(9)17)6-5-13-8-11-3-4-12(13)7-11;1(2-4-6-15-11-16-15)3-5-13-9-12-7-8-14(13)10-12;1-8-9(2)14(17)15(13(8)16)7-12-6-10-3-4-11(12)5-10;1-2-9-3-8(1)4-10(9)5-12-6-11-7-13-11/h8-9,15-17H,3-7,10-12H2,1-2H3;6-7,13-15H,3-5,8-10H2,1-2H3;5-6,12-14H,3-4,7-9H2,1-2H3;3-4,11-13H,5-8H2,1-2H3;7-8,12-15H,1-6,9-11H2;3-4,10-12H,5-7H2,1-2H3;1-2,8-11H,3-7H2. The highest BCUT2D eigenvalue weighted by atomic mass is 16.6. The normalized spacial score (nSPS) is 35.1.